The predicted molar refractivity (Wildman–Crippen MR) is 138 cm³/mol. The molecular formula is C23H30N8OS. The Morgan fingerprint density at radius 1 is 1.36 bits per heavy atom. The number of carbonyl (C=O) groups excluding carboxylic acids is 1. The summed E-state index contributed by atoms with van der Waals surface area (Å²) >= 11 is 1.54. The zero-order chi connectivity index (χ0) is 23.5. The summed E-state index contributed by atoms with van der Waals surface area (Å²) in [6.45, 7) is 2.42. The molecule has 0 unspecified atom stereocenters. The van der Waals surface area contributed by atoms with Gasteiger partial charge >= 0.3 is 0 Å². The number of nitrogens with zero attached hydrogens (tertiary/aromatic N) is 4. The first-order valence-corrected chi connectivity index (χ1v) is 12.0. The molecule has 1 aromatic heterocycles. The van der Waals surface area contributed by atoms with Crippen molar-refractivity contribution in [3.8, 4) is 0 Å². The molecule has 3 aromatic rings. The number of nitrogens with one attached hydrogen (secondary N) is 3. The monoisotopic (exact) mass is 466 g/mol. The molecule has 2 heterocycles. The summed E-state index contributed by atoms with van der Waals surface area (Å²) < 4.78 is 5.03. The molecule has 1 aliphatic rings. The summed E-state index contributed by atoms with van der Waals surface area (Å²) in [5.74, 6) is -0.256. The van der Waals surface area contributed by atoms with Gasteiger partial charge in [0.1, 0.15) is 0 Å². The average molecular weight is 467 g/mol. The number of benzene rings is 2. The van der Waals surface area contributed by atoms with Crippen LogP contribution in [0.2, 0.25) is 0 Å². The first-order chi connectivity index (χ1) is 15.9. The number of hydrogen-bond donors (Lipinski definition) is 4. The van der Waals surface area contributed by atoms with Crippen LogP contribution in [-0.4, -0.2) is 61.4 Å². The van der Waals surface area contributed by atoms with E-state index < -0.39 is 0 Å². The maximum atomic E-state index is 13.2. The molecule has 0 spiro atoms. The lowest BCUT2D eigenvalue weighted by atomic mass is 10.0. The minimum Gasteiger partial charge on any atom is -0.397 e. The molecule has 33 heavy (non-hydrogen) atoms. The van der Waals surface area contributed by atoms with Gasteiger partial charge < -0.3 is 21.3 Å². The van der Waals surface area contributed by atoms with Gasteiger partial charge in [-0.05, 0) is 43.1 Å². The number of rotatable bonds is 8. The molecule has 1 aliphatic heterocycles. The van der Waals surface area contributed by atoms with Crippen molar-refractivity contribution in [2.24, 2.45) is 12.0 Å². The van der Waals surface area contributed by atoms with Gasteiger partial charge in [0.15, 0.2) is 0 Å². The number of nitrogens with two attached hydrogens (primary N) is 1. The normalized spacial score (nSPS) is 14.2. The van der Waals surface area contributed by atoms with Gasteiger partial charge in [0.2, 0.25) is 0 Å². The van der Waals surface area contributed by atoms with Crippen molar-refractivity contribution in [1.29, 1.82) is 0 Å². The lowest BCUT2D eigenvalue weighted by Gasteiger charge is -2.41. The van der Waals surface area contributed by atoms with E-state index >= 15 is 0 Å². The zero-order valence-corrected chi connectivity index (χ0v) is 20.2. The van der Waals surface area contributed by atoms with Gasteiger partial charge in [0.05, 0.1) is 16.8 Å². The highest BCUT2D eigenvalue weighted by atomic mass is 32.2. The third-order valence-electron chi connectivity index (χ3n) is 5.86. The Balaban J connectivity index is 1.63. The SMILES string of the molecule is CN=Cc1c(N2CC(NC)C2)ccc(C(=O)Nc2cc(CNSC)c3nn(C)cc3c2)c1N. The third-order valence-corrected chi connectivity index (χ3v) is 6.30. The zero-order valence-electron chi connectivity index (χ0n) is 19.3. The van der Waals surface area contributed by atoms with Crippen molar-refractivity contribution in [2.75, 3.05) is 49.4 Å². The third kappa shape index (κ3) is 4.68. The number of aryl methyl sites for hydroxylation is 1. The summed E-state index contributed by atoms with van der Waals surface area (Å²) in [4.78, 5) is 19.6. The Hall–Kier alpha value is -3.08. The van der Waals surface area contributed by atoms with Gasteiger partial charge in [-0.25, -0.2) is 0 Å². The molecule has 9 nitrogen and oxygen atoms in total. The highest BCUT2D eigenvalue weighted by Gasteiger charge is 2.28. The molecule has 0 atom stereocenters. The van der Waals surface area contributed by atoms with Crippen LogP contribution >= 0.6 is 11.9 Å². The van der Waals surface area contributed by atoms with E-state index in [4.69, 9.17) is 5.73 Å². The Morgan fingerprint density at radius 2 is 2.15 bits per heavy atom. The average Bonchev–Trinajstić information content (AvgIpc) is 3.13. The molecule has 0 radical (unpaired) electrons. The molecule has 0 bridgehead atoms. The van der Waals surface area contributed by atoms with Crippen LogP contribution in [0.4, 0.5) is 17.1 Å². The fourth-order valence-corrected chi connectivity index (χ4v) is 4.40. The molecule has 1 fully saturated rings. The maximum Gasteiger partial charge on any atom is 0.257 e. The van der Waals surface area contributed by atoms with Crippen LogP contribution in [0.3, 0.4) is 0 Å². The molecule has 4 rings (SSSR count). The fraction of sp³-hybridized carbons (Fsp3) is 0.348. The van der Waals surface area contributed by atoms with Gasteiger partial charge in [-0.2, -0.15) is 5.10 Å². The van der Waals surface area contributed by atoms with E-state index in [1.54, 1.807) is 24.0 Å². The minimum atomic E-state index is -0.256. The lowest BCUT2D eigenvalue weighted by molar-refractivity contribution is 0.102. The number of aromatic nitrogens is 2. The molecule has 2 aromatic carbocycles. The van der Waals surface area contributed by atoms with Gasteiger partial charge in [0.25, 0.3) is 5.91 Å². The van der Waals surface area contributed by atoms with Gasteiger partial charge in [-0.15, -0.1) is 0 Å². The summed E-state index contributed by atoms with van der Waals surface area (Å²) in [5, 5.41) is 11.8. The molecule has 0 saturated carbocycles. The summed E-state index contributed by atoms with van der Waals surface area (Å²) in [6, 6.07) is 8.08. The largest absolute Gasteiger partial charge is 0.397 e. The van der Waals surface area contributed by atoms with E-state index in [2.05, 4.69) is 30.3 Å². The van der Waals surface area contributed by atoms with E-state index in [9.17, 15) is 4.79 Å². The molecular weight excluding hydrogens is 436 g/mol. The Kier molecular flexibility index (Phi) is 6.87. The number of nitrogen functional groups attached to an aromatic ring is 1. The number of aliphatic imine (C=N–C) groups is 1. The molecule has 10 heteroatoms. The number of carbonyl (C=O) groups is 1. The number of amides is 1. The molecule has 1 amide bonds. The maximum absolute atomic E-state index is 13.2. The second kappa shape index (κ2) is 9.82. The number of hydrogen-bond acceptors (Lipinski definition) is 8. The summed E-state index contributed by atoms with van der Waals surface area (Å²) in [6.07, 6.45) is 5.64. The van der Waals surface area contributed by atoms with Gasteiger partial charge in [-0.3, -0.25) is 19.2 Å². The molecule has 0 aliphatic carbocycles. The van der Waals surface area contributed by atoms with Crippen LogP contribution in [0.5, 0.6) is 0 Å². The first kappa shape index (κ1) is 23.1. The van der Waals surface area contributed by atoms with Crippen molar-refractivity contribution in [3.05, 3.63) is 47.2 Å². The van der Waals surface area contributed by atoms with Crippen molar-refractivity contribution >= 4 is 52.0 Å². The van der Waals surface area contributed by atoms with Crippen molar-refractivity contribution in [2.45, 2.75) is 12.6 Å². The second-order valence-electron chi connectivity index (χ2n) is 8.09. The second-order valence-corrected chi connectivity index (χ2v) is 8.79. The summed E-state index contributed by atoms with van der Waals surface area (Å²) in [5.41, 5.74) is 11.7. The molecule has 1 saturated heterocycles. The Morgan fingerprint density at radius 3 is 2.85 bits per heavy atom. The number of fused-ring (bicyclic) bond motifs is 1. The molecule has 174 valence electrons. The topological polar surface area (TPSA) is 113 Å². The highest BCUT2D eigenvalue weighted by molar-refractivity contribution is 7.96. The van der Waals surface area contributed by atoms with Crippen LogP contribution in [0.15, 0.2) is 35.5 Å². The van der Waals surface area contributed by atoms with Crippen LogP contribution in [0.25, 0.3) is 10.9 Å². The number of anilines is 3. The minimum absolute atomic E-state index is 0.256. The smallest absolute Gasteiger partial charge is 0.257 e. The van der Waals surface area contributed by atoms with Crippen LogP contribution in [0.1, 0.15) is 21.5 Å². The Labute approximate surface area is 197 Å². The van der Waals surface area contributed by atoms with E-state index in [-0.39, 0.29) is 5.91 Å². The quantitative estimate of drug-likeness (QED) is 0.229. The predicted octanol–water partition coefficient (Wildman–Crippen LogP) is 2.23. The fourth-order valence-electron chi connectivity index (χ4n) is 4.10. The van der Waals surface area contributed by atoms with E-state index in [0.717, 1.165) is 40.8 Å². The van der Waals surface area contributed by atoms with Crippen LogP contribution in [-0.2, 0) is 13.6 Å². The molecule has 5 N–H and O–H groups in total. The highest BCUT2D eigenvalue weighted by Crippen LogP contribution is 2.31. The first-order valence-electron chi connectivity index (χ1n) is 10.8. The van der Waals surface area contributed by atoms with Gasteiger partial charge in [0, 0.05) is 74.5 Å². The van der Waals surface area contributed by atoms with Crippen molar-refractivity contribution in [3.63, 3.8) is 0 Å². The van der Waals surface area contributed by atoms with E-state index in [1.807, 2.05) is 44.7 Å². The van der Waals surface area contributed by atoms with Gasteiger partial charge in [-0.1, -0.05) is 11.9 Å². The van der Waals surface area contributed by atoms with Crippen LogP contribution < -0.4 is 26.0 Å². The lowest BCUT2D eigenvalue weighted by Crippen LogP contribution is -2.57. The van der Waals surface area contributed by atoms with E-state index in [0.29, 0.717) is 29.5 Å². The standard InChI is InChI=1S/C23H30N8OS/c1-25-10-19-20(31-12-17(13-31)26-2)6-5-18(21(19)24)23(32)28-16-7-14(9-27-33-4)22-15(8-16)11-30(3)29-22/h5-8,10-11,17,26-27H,9,12-13,24H2,1-4H3,(H,28,32). The number of likely N-dealkylation sites (N-methyl/N-ethyl adjacent to an activating group) is 1. The van der Waals surface area contributed by atoms with Crippen LogP contribution in [0, 0.1) is 0 Å². The van der Waals surface area contributed by atoms with E-state index in [1.165, 1.54) is 11.9 Å². The van der Waals surface area contributed by atoms with Crippen molar-refractivity contribution in [1.82, 2.24) is 19.8 Å². The summed E-state index contributed by atoms with van der Waals surface area (Å²) in [7, 11) is 5.55. The van der Waals surface area contributed by atoms with Crippen molar-refractivity contribution < 1.29 is 4.79 Å². The Bertz CT molecular complexity index is 1200.